The van der Waals surface area contributed by atoms with Crippen molar-refractivity contribution >= 4 is 45.5 Å². The van der Waals surface area contributed by atoms with Crippen molar-refractivity contribution in [3.8, 4) is 10.6 Å². The number of thiazole rings is 1. The molecule has 1 fully saturated rings. The van der Waals surface area contributed by atoms with Gasteiger partial charge in [-0.3, -0.25) is 24.6 Å². The molecular formula is C19H15N3O3S2. The van der Waals surface area contributed by atoms with Crippen LogP contribution in [-0.4, -0.2) is 27.6 Å². The Morgan fingerprint density at radius 2 is 1.81 bits per heavy atom. The van der Waals surface area contributed by atoms with Gasteiger partial charge in [0.25, 0.3) is 5.91 Å². The maximum absolute atomic E-state index is 12.4. The minimum Gasteiger partial charge on any atom is -0.298 e. The van der Waals surface area contributed by atoms with Crippen LogP contribution in [0.1, 0.15) is 28.8 Å². The number of hydrogen-bond acceptors (Lipinski definition) is 6. The first kappa shape index (κ1) is 17.6. The summed E-state index contributed by atoms with van der Waals surface area (Å²) in [5.41, 5.74) is 2.15. The van der Waals surface area contributed by atoms with E-state index in [1.54, 1.807) is 35.6 Å². The van der Waals surface area contributed by atoms with Crippen LogP contribution in [0.4, 0.5) is 5.13 Å². The van der Waals surface area contributed by atoms with E-state index in [4.69, 9.17) is 0 Å². The third kappa shape index (κ3) is 3.81. The quantitative estimate of drug-likeness (QED) is 0.665. The number of carbonyl (C=O) groups is 3. The molecule has 0 aliphatic carbocycles. The molecule has 1 aliphatic rings. The average molecular weight is 397 g/mol. The Hall–Kier alpha value is -2.84. The minimum absolute atomic E-state index is 0.146. The van der Waals surface area contributed by atoms with Gasteiger partial charge >= 0.3 is 0 Å². The van der Waals surface area contributed by atoms with Gasteiger partial charge in [-0.05, 0) is 29.1 Å². The smallest absolute Gasteiger partial charge is 0.257 e. The molecule has 8 heteroatoms. The minimum atomic E-state index is -0.248. The molecule has 0 bridgehead atoms. The number of carbonyl (C=O) groups excluding carboxylic acids is 3. The summed E-state index contributed by atoms with van der Waals surface area (Å²) >= 11 is 2.98. The van der Waals surface area contributed by atoms with Gasteiger partial charge in [-0.1, -0.05) is 18.2 Å². The molecule has 0 atom stereocenters. The molecule has 6 nitrogen and oxygen atoms in total. The van der Waals surface area contributed by atoms with E-state index in [1.807, 2.05) is 22.9 Å². The molecule has 0 unspecified atom stereocenters. The molecule has 27 heavy (non-hydrogen) atoms. The highest BCUT2D eigenvalue weighted by Crippen LogP contribution is 2.28. The number of nitrogens with zero attached hydrogens (tertiary/aromatic N) is 2. The molecule has 2 aromatic heterocycles. The summed E-state index contributed by atoms with van der Waals surface area (Å²) in [6, 6.07) is 10.8. The van der Waals surface area contributed by atoms with Crippen LogP contribution in [0.25, 0.3) is 10.6 Å². The molecule has 1 saturated heterocycles. The fourth-order valence-corrected chi connectivity index (χ4v) is 4.25. The van der Waals surface area contributed by atoms with Crippen LogP contribution in [0.3, 0.4) is 0 Å². The maximum atomic E-state index is 12.4. The summed E-state index contributed by atoms with van der Waals surface area (Å²) < 4.78 is 0. The Labute approximate surface area is 163 Å². The topological polar surface area (TPSA) is 79.4 Å². The van der Waals surface area contributed by atoms with E-state index in [0.717, 1.165) is 16.1 Å². The predicted octanol–water partition coefficient (Wildman–Crippen LogP) is 3.77. The Kier molecular flexibility index (Phi) is 4.83. The molecule has 0 radical (unpaired) electrons. The highest BCUT2D eigenvalue weighted by molar-refractivity contribution is 7.16. The van der Waals surface area contributed by atoms with Gasteiger partial charge in [0.15, 0.2) is 5.13 Å². The van der Waals surface area contributed by atoms with Gasteiger partial charge in [0, 0.05) is 23.8 Å². The van der Waals surface area contributed by atoms with Crippen LogP contribution in [0.5, 0.6) is 0 Å². The SMILES string of the molecule is O=C(Nc1nc(-c2cccs2)cs1)c1ccc(CN2C(=O)CCC2=O)cc1. The Bertz CT molecular complexity index is 978. The number of hydrogen-bond donors (Lipinski definition) is 1. The summed E-state index contributed by atoms with van der Waals surface area (Å²) in [6.45, 7) is 0.246. The van der Waals surface area contributed by atoms with Crippen molar-refractivity contribution in [2.45, 2.75) is 19.4 Å². The zero-order valence-electron chi connectivity index (χ0n) is 14.2. The van der Waals surface area contributed by atoms with Gasteiger partial charge < -0.3 is 0 Å². The highest BCUT2D eigenvalue weighted by Gasteiger charge is 2.28. The molecule has 136 valence electrons. The Balaban J connectivity index is 1.41. The average Bonchev–Trinajstić information content (AvgIpc) is 3.41. The second-order valence-corrected chi connectivity index (χ2v) is 7.85. The number of amides is 3. The number of rotatable bonds is 5. The summed E-state index contributed by atoms with van der Waals surface area (Å²) in [4.78, 5) is 42.5. The predicted molar refractivity (Wildman–Crippen MR) is 105 cm³/mol. The molecule has 0 saturated carbocycles. The Morgan fingerprint density at radius 1 is 1.07 bits per heavy atom. The first-order chi connectivity index (χ1) is 13.1. The highest BCUT2D eigenvalue weighted by atomic mass is 32.1. The number of anilines is 1. The second kappa shape index (κ2) is 7.42. The lowest BCUT2D eigenvalue weighted by molar-refractivity contribution is -0.139. The van der Waals surface area contributed by atoms with E-state index < -0.39 is 0 Å². The third-order valence-electron chi connectivity index (χ3n) is 4.21. The molecule has 1 aromatic carbocycles. The van der Waals surface area contributed by atoms with Crippen molar-refractivity contribution in [3.63, 3.8) is 0 Å². The van der Waals surface area contributed by atoms with Gasteiger partial charge in [0.05, 0.1) is 17.1 Å². The summed E-state index contributed by atoms with van der Waals surface area (Å²) in [7, 11) is 0. The third-order valence-corrected chi connectivity index (χ3v) is 5.86. The van der Waals surface area contributed by atoms with Crippen LogP contribution in [0, 0.1) is 0 Å². The molecule has 3 amide bonds. The number of imide groups is 1. The van der Waals surface area contributed by atoms with Crippen LogP contribution in [-0.2, 0) is 16.1 Å². The van der Waals surface area contributed by atoms with E-state index >= 15 is 0 Å². The van der Waals surface area contributed by atoms with Crippen molar-refractivity contribution in [2.75, 3.05) is 5.32 Å². The molecule has 1 N–H and O–H groups in total. The summed E-state index contributed by atoms with van der Waals surface area (Å²) in [5, 5.41) is 7.24. The molecule has 4 rings (SSSR count). The van der Waals surface area contributed by atoms with Crippen LogP contribution in [0.2, 0.25) is 0 Å². The zero-order valence-corrected chi connectivity index (χ0v) is 15.8. The molecule has 1 aliphatic heterocycles. The number of thiophene rings is 1. The fourth-order valence-electron chi connectivity index (χ4n) is 2.78. The molecule has 3 aromatic rings. The lowest BCUT2D eigenvalue weighted by Gasteiger charge is -2.13. The van der Waals surface area contributed by atoms with E-state index in [2.05, 4.69) is 10.3 Å². The van der Waals surface area contributed by atoms with Crippen LogP contribution >= 0.6 is 22.7 Å². The van der Waals surface area contributed by atoms with E-state index in [-0.39, 0.29) is 37.1 Å². The number of likely N-dealkylation sites (tertiary alicyclic amines) is 1. The lowest BCUT2D eigenvalue weighted by Crippen LogP contribution is -2.28. The van der Waals surface area contributed by atoms with E-state index in [9.17, 15) is 14.4 Å². The van der Waals surface area contributed by atoms with Crippen molar-refractivity contribution in [1.82, 2.24) is 9.88 Å². The molecular weight excluding hydrogens is 382 g/mol. The first-order valence-corrected chi connectivity index (χ1v) is 10.1. The van der Waals surface area contributed by atoms with Crippen molar-refractivity contribution in [1.29, 1.82) is 0 Å². The molecule has 0 spiro atoms. The van der Waals surface area contributed by atoms with Gasteiger partial charge in [0.2, 0.25) is 11.8 Å². The van der Waals surface area contributed by atoms with Gasteiger partial charge in [-0.2, -0.15) is 0 Å². The zero-order chi connectivity index (χ0) is 18.8. The lowest BCUT2D eigenvalue weighted by atomic mass is 10.1. The van der Waals surface area contributed by atoms with Gasteiger partial charge in [0.1, 0.15) is 0 Å². The number of aromatic nitrogens is 1. The van der Waals surface area contributed by atoms with Gasteiger partial charge in [-0.25, -0.2) is 4.98 Å². The number of nitrogens with one attached hydrogen (secondary N) is 1. The largest absolute Gasteiger partial charge is 0.298 e. The monoisotopic (exact) mass is 397 g/mol. The van der Waals surface area contributed by atoms with Crippen molar-refractivity contribution in [3.05, 3.63) is 58.3 Å². The van der Waals surface area contributed by atoms with Crippen LogP contribution in [0.15, 0.2) is 47.2 Å². The Morgan fingerprint density at radius 3 is 2.48 bits per heavy atom. The van der Waals surface area contributed by atoms with Crippen LogP contribution < -0.4 is 5.32 Å². The summed E-state index contributed by atoms with van der Waals surface area (Å²) in [6.07, 6.45) is 0.557. The summed E-state index contributed by atoms with van der Waals surface area (Å²) in [5.74, 6) is -0.541. The standard InChI is InChI=1S/C19H15N3O3S2/c23-16-7-8-17(24)22(16)10-12-3-5-13(6-4-12)18(25)21-19-20-14(11-27-19)15-2-1-9-26-15/h1-6,9,11H,7-8,10H2,(H,20,21,25). The first-order valence-electron chi connectivity index (χ1n) is 8.33. The van der Waals surface area contributed by atoms with Crippen molar-refractivity contribution in [2.24, 2.45) is 0 Å². The van der Waals surface area contributed by atoms with Gasteiger partial charge in [-0.15, -0.1) is 22.7 Å². The van der Waals surface area contributed by atoms with E-state index in [0.29, 0.717) is 10.7 Å². The second-order valence-electron chi connectivity index (χ2n) is 6.04. The van der Waals surface area contributed by atoms with Crippen molar-refractivity contribution < 1.29 is 14.4 Å². The van der Waals surface area contributed by atoms with E-state index in [1.165, 1.54) is 16.2 Å². The normalized spacial score (nSPS) is 14.0. The maximum Gasteiger partial charge on any atom is 0.257 e. The molecule has 3 heterocycles. The fraction of sp³-hybridized carbons (Fsp3) is 0.158. The number of benzene rings is 1.